The number of hydrogen-bond donors (Lipinski definition) is 12. The third-order valence-corrected chi connectivity index (χ3v) is 7.21. The molecule has 14 heteroatoms. The van der Waals surface area contributed by atoms with E-state index < -0.39 is 113 Å². The lowest BCUT2D eigenvalue weighted by atomic mass is 9.66. The van der Waals surface area contributed by atoms with Gasteiger partial charge in [0.2, 0.25) is 0 Å². The molecule has 0 aliphatic rings. The number of aliphatic hydroxyl groups excluding tert-OH is 12. The van der Waals surface area contributed by atoms with Crippen LogP contribution in [0.15, 0.2) is 0 Å². The first-order valence-corrected chi connectivity index (χ1v) is 13.9. The molecule has 0 aliphatic carbocycles. The molecule has 0 aromatic rings. The molecule has 0 rings (SSSR count). The Hall–Kier alpha value is -1.01. The highest BCUT2D eigenvalue weighted by atomic mass is 16.5. The molecule has 0 fully saturated rings. The number of carbonyl (C=O) groups excluding carboxylic acids is 1. The number of carbonyl (C=O) groups is 1. The zero-order valence-electron chi connectivity index (χ0n) is 23.1. The van der Waals surface area contributed by atoms with Gasteiger partial charge in [0.05, 0.1) is 76.1 Å². The van der Waals surface area contributed by atoms with Gasteiger partial charge in [-0.05, 0) is 49.9 Å². The molecule has 0 saturated heterocycles. The van der Waals surface area contributed by atoms with Crippen molar-refractivity contribution < 1.29 is 70.8 Å². The Morgan fingerprint density at radius 1 is 0.500 bits per heavy atom. The van der Waals surface area contributed by atoms with E-state index >= 15 is 0 Å². The lowest BCUT2D eigenvalue weighted by Gasteiger charge is -2.40. The maximum Gasteiger partial charge on any atom is 0.309 e. The van der Waals surface area contributed by atoms with Crippen LogP contribution in [0.25, 0.3) is 0 Å². The van der Waals surface area contributed by atoms with Crippen LogP contribution in [-0.2, 0) is 9.53 Å². The molecule has 0 radical (unpaired) electrons. The minimum Gasteiger partial charge on any atom is -0.463 e. The molecule has 0 spiro atoms. The van der Waals surface area contributed by atoms with E-state index in [0.29, 0.717) is 19.3 Å². The van der Waals surface area contributed by atoms with E-state index in [0.717, 1.165) is 0 Å². The standard InChI is InChI=1S/C26H52O14/c27-9-17(33)4-2-1-3-16(5-18(34)10-28)23(6-19(35)11-29)24(7-20(36)12-30)25(8-21(37)13-31)26(39)40-15-22(38)14-32/h16-25,27-38H,1-15H2. The summed E-state index contributed by atoms with van der Waals surface area (Å²) in [4.78, 5) is 13.3. The summed E-state index contributed by atoms with van der Waals surface area (Å²) in [6, 6.07) is 0. The summed E-state index contributed by atoms with van der Waals surface area (Å²) in [5.41, 5.74) is 0. The largest absolute Gasteiger partial charge is 0.463 e. The number of aliphatic hydroxyl groups is 12. The van der Waals surface area contributed by atoms with Crippen molar-refractivity contribution in [3.63, 3.8) is 0 Å². The molecule has 0 saturated carbocycles. The minimum atomic E-state index is -1.40. The van der Waals surface area contributed by atoms with Gasteiger partial charge in [-0.2, -0.15) is 0 Å². The lowest BCUT2D eigenvalue weighted by molar-refractivity contribution is -0.158. The van der Waals surface area contributed by atoms with Crippen LogP contribution in [0.3, 0.4) is 0 Å². The van der Waals surface area contributed by atoms with Crippen molar-refractivity contribution in [1.82, 2.24) is 0 Å². The van der Waals surface area contributed by atoms with Crippen LogP contribution in [-0.4, -0.2) is 150 Å². The summed E-state index contributed by atoms with van der Waals surface area (Å²) < 4.78 is 5.16. The Morgan fingerprint density at radius 3 is 1.43 bits per heavy atom. The van der Waals surface area contributed by atoms with Crippen molar-refractivity contribution in [2.24, 2.45) is 23.7 Å². The summed E-state index contributed by atoms with van der Waals surface area (Å²) in [6.07, 6.45) is -6.74. The minimum absolute atomic E-state index is 0.0128. The van der Waals surface area contributed by atoms with Gasteiger partial charge < -0.3 is 66.0 Å². The quantitative estimate of drug-likeness (QED) is 0.0361. The van der Waals surface area contributed by atoms with Crippen molar-refractivity contribution in [2.75, 3.05) is 46.2 Å². The molecule has 0 amide bonds. The molecule has 0 aliphatic heterocycles. The zero-order chi connectivity index (χ0) is 30.7. The molecule has 10 unspecified atom stereocenters. The average molecular weight is 589 g/mol. The molecule has 40 heavy (non-hydrogen) atoms. The molecular weight excluding hydrogens is 536 g/mol. The van der Waals surface area contributed by atoms with Crippen molar-refractivity contribution in [1.29, 1.82) is 0 Å². The summed E-state index contributed by atoms with van der Waals surface area (Å²) in [6.45, 7) is -4.35. The second-order valence-corrected chi connectivity index (χ2v) is 10.6. The lowest BCUT2D eigenvalue weighted by Crippen LogP contribution is -2.42. The van der Waals surface area contributed by atoms with Crippen LogP contribution in [0.4, 0.5) is 0 Å². The fourth-order valence-corrected chi connectivity index (χ4v) is 5.09. The van der Waals surface area contributed by atoms with Crippen LogP contribution in [0.1, 0.15) is 51.4 Å². The Bertz CT molecular complexity index is 626. The van der Waals surface area contributed by atoms with E-state index in [4.69, 9.17) is 14.9 Å². The van der Waals surface area contributed by atoms with Gasteiger partial charge in [0.15, 0.2) is 0 Å². The van der Waals surface area contributed by atoms with Gasteiger partial charge in [0.1, 0.15) is 12.7 Å². The Morgan fingerprint density at radius 2 is 0.925 bits per heavy atom. The normalized spacial score (nSPS) is 19.6. The fraction of sp³-hybridized carbons (Fsp3) is 0.962. The van der Waals surface area contributed by atoms with Crippen LogP contribution >= 0.6 is 0 Å². The van der Waals surface area contributed by atoms with Crippen LogP contribution in [0.2, 0.25) is 0 Å². The van der Waals surface area contributed by atoms with Crippen molar-refractivity contribution in [2.45, 2.75) is 88.0 Å². The molecule has 10 atom stereocenters. The van der Waals surface area contributed by atoms with E-state index in [-0.39, 0.29) is 32.1 Å². The molecule has 14 nitrogen and oxygen atoms in total. The summed E-state index contributed by atoms with van der Waals surface area (Å²) >= 11 is 0. The number of rotatable bonds is 25. The number of ether oxygens (including phenoxy) is 1. The zero-order valence-corrected chi connectivity index (χ0v) is 23.1. The van der Waals surface area contributed by atoms with Crippen LogP contribution in [0, 0.1) is 23.7 Å². The summed E-state index contributed by atoms with van der Waals surface area (Å²) in [5.74, 6) is -4.46. The first kappa shape index (κ1) is 39.0. The second kappa shape index (κ2) is 22.6. The van der Waals surface area contributed by atoms with E-state index in [1.807, 2.05) is 0 Å². The monoisotopic (exact) mass is 588 g/mol. The Balaban J connectivity index is 6.55. The first-order chi connectivity index (χ1) is 19.0. The number of unbranched alkanes of at least 4 members (excludes halogenated alkanes) is 1. The third-order valence-electron chi connectivity index (χ3n) is 7.21. The Labute approximate surface area is 235 Å². The van der Waals surface area contributed by atoms with Gasteiger partial charge >= 0.3 is 5.97 Å². The van der Waals surface area contributed by atoms with E-state index in [1.165, 1.54) is 0 Å². The van der Waals surface area contributed by atoms with Gasteiger partial charge in [-0.25, -0.2) is 0 Å². The predicted octanol–water partition coefficient (Wildman–Crippen LogP) is -3.77. The SMILES string of the molecule is O=C(OCC(O)CO)C(CC(O)CO)C(CC(O)CO)C(CC(O)CO)C(CCCCC(O)CO)CC(O)CO. The maximum atomic E-state index is 13.3. The number of hydrogen-bond acceptors (Lipinski definition) is 14. The van der Waals surface area contributed by atoms with E-state index in [9.17, 15) is 55.9 Å². The Kier molecular flexibility index (Phi) is 22.0. The van der Waals surface area contributed by atoms with Gasteiger partial charge in [-0.15, -0.1) is 0 Å². The summed E-state index contributed by atoms with van der Waals surface area (Å²) in [7, 11) is 0. The predicted molar refractivity (Wildman–Crippen MR) is 140 cm³/mol. The smallest absolute Gasteiger partial charge is 0.309 e. The highest BCUT2D eigenvalue weighted by molar-refractivity contribution is 5.73. The number of esters is 1. The molecule has 0 bridgehead atoms. The maximum absolute atomic E-state index is 13.3. The van der Waals surface area contributed by atoms with E-state index in [2.05, 4.69) is 0 Å². The molecule has 12 N–H and O–H groups in total. The highest BCUT2D eigenvalue weighted by Crippen LogP contribution is 2.41. The van der Waals surface area contributed by atoms with Crippen molar-refractivity contribution in [3.05, 3.63) is 0 Å². The molecule has 0 aromatic heterocycles. The highest BCUT2D eigenvalue weighted by Gasteiger charge is 2.42. The van der Waals surface area contributed by atoms with Crippen LogP contribution < -0.4 is 0 Å². The van der Waals surface area contributed by atoms with E-state index in [1.54, 1.807) is 0 Å². The van der Waals surface area contributed by atoms with Gasteiger partial charge in [-0.1, -0.05) is 19.3 Å². The topological polar surface area (TPSA) is 269 Å². The van der Waals surface area contributed by atoms with Gasteiger partial charge in [0, 0.05) is 0 Å². The third kappa shape index (κ3) is 15.8. The average Bonchev–Trinajstić information content (AvgIpc) is 2.96. The fourth-order valence-electron chi connectivity index (χ4n) is 5.09. The molecular formula is C26H52O14. The van der Waals surface area contributed by atoms with Crippen molar-refractivity contribution in [3.8, 4) is 0 Å². The van der Waals surface area contributed by atoms with Gasteiger partial charge in [-0.3, -0.25) is 4.79 Å². The second-order valence-electron chi connectivity index (χ2n) is 10.6. The molecule has 240 valence electrons. The van der Waals surface area contributed by atoms with Crippen molar-refractivity contribution >= 4 is 5.97 Å². The van der Waals surface area contributed by atoms with Gasteiger partial charge in [0.25, 0.3) is 0 Å². The molecule has 0 heterocycles. The summed E-state index contributed by atoms with van der Waals surface area (Å²) in [5, 5.41) is 117. The van der Waals surface area contributed by atoms with Crippen LogP contribution in [0.5, 0.6) is 0 Å². The first-order valence-electron chi connectivity index (χ1n) is 13.9. The molecule has 0 aromatic carbocycles.